The number of carbonyl (C=O) groups is 4. The van der Waals surface area contributed by atoms with Crippen LogP contribution in [0, 0.1) is 11.3 Å². The summed E-state index contributed by atoms with van der Waals surface area (Å²) in [6, 6.07) is 5.57. The van der Waals surface area contributed by atoms with Crippen molar-refractivity contribution in [3.8, 4) is 0 Å². The minimum absolute atomic E-state index is 0.111. The fourth-order valence-electron chi connectivity index (χ4n) is 6.55. The number of carbonyl (C=O) groups excluding carboxylic acids is 4. The van der Waals surface area contributed by atoms with Crippen LogP contribution in [0.15, 0.2) is 47.9 Å². The highest BCUT2D eigenvalue weighted by Crippen LogP contribution is 2.30. The molecular weight excluding hydrogens is 659 g/mol. The third kappa shape index (κ3) is 10.3. The summed E-state index contributed by atoms with van der Waals surface area (Å²) in [6.45, 7) is 13.4. The molecule has 0 radical (unpaired) electrons. The summed E-state index contributed by atoms with van der Waals surface area (Å²) in [5.74, 6) is -2.36. The number of pyridine rings is 1. The van der Waals surface area contributed by atoms with Crippen LogP contribution in [0.1, 0.15) is 98.0 Å². The van der Waals surface area contributed by atoms with Crippen LogP contribution in [-0.4, -0.2) is 71.3 Å². The topological polar surface area (TPSA) is 175 Å². The maximum absolute atomic E-state index is 14.0. The first-order valence-corrected chi connectivity index (χ1v) is 19.1. The lowest BCUT2D eigenvalue weighted by Crippen LogP contribution is -2.60. The molecule has 274 valence electrons. The number of sulfonamides is 1. The number of hydrogen-bond donors (Lipinski definition) is 4. The molecule has 1 unspecified atom stereocenters. The van der Waals surface area contributed by atoms with Crippen molar-refractivity contribution in [2.45, 2.75) is 122 Å². The van der Waals surface area contributed by atoms with Gasteiger partial charge < -0.3 is 20.5 Å². The molecule has 12 nitrogen and oxygen atoms in total. The Morgan fingerprint density at radius 2 is 1.78 bits per heavy atom. The second-order valence-electron chi connectivity index (χ2n) is 15.5. The van der Waals surface area contributed by atoms with E-state index in [0.29, 0.717) is 44.0 Å². The number of ketones is 1. The quantitative estimate of drug-likeness (QED) is 0.147. The number of urea groups is 1. The number of aromatic amines is 1. The first-order chi connectivity index (χ1) is 23.4. The van der Waals surface area contributed by atoms with Crippen molar-refractivity contribution < 1.29 is 27.6 Å². The highest BCUT2D eigenvalue weighted by molar-refractivity contribution is 7.90. The molecule has 2 fully saturated rings. The van der Waals surface area contributed by atoms with E-state index in [4.69, 9.17) is 0 Å². The van der Waals surface area contributed by atoms with E-state index in [2.05, 4.69) is 26.9 Å². The third-order valence-electron chi connectivity index (χ3n) is 9.58. The first kappa shape index (κ1) is 38.8. The van der Waals surface area contributed by atoms with Gasteiger partial charge >= 0.3 is 6.03 Å². The lowest BCUT2D eigenvalue weighted by atomic mass is 9.85. The smallest absolute Gasteiger partial charge is 0.315 e. The second kappa shape index (κ2) is 15.9. The van der Waals surface area contributed by atoms with Crippen LogP contribution in [0.2, 0.25) is 0 Å². The van der Waals surface area contributed by atoms with Gasteiger partial charge in [-0.1, -0.05) is 45.4 Å². The molecule has 50 heavy (non-hydrogen) atoms. The van der Waals surface area contributed by atoms with Crippen molar-refractivity contribution >= 4 is 44.4 Å². The van der Waals surface area contributed by atoms with Gasteiger partial charge in [-0.05, 0) is 93.7 Å². The summed E-state index contributed by atoms with van der Waals surface area (Å²) >= 11 is 0. The van der Waals surface area contributed by atoms with Gasteiger partial charge in [0.05, 0.1) is 11.3 Å². The van der Waals surface area contributed by atoms with E-state index in [1.807, 2.05) is 58.9 Å². The van der Waals surface area contributed by atoms with E-state index in [1.54, 1.807) is 6.20 Å². The van der Waals surface area contributed by atoms with Gasteiger partial charge in [-0.2, -0.15) is 0 Å². The summed E-state index contributed by atoms with van der Waals surface area (Å²) in [4.78, 5) is 70.1. The number of allylic oxidation sites excluding steroid dienone is 1. The fraction of sp³-hybridized carbons (Fsp3) is 0.595. The molecule has 13 heteroatoms. The third-order valence-corrected chi connectivity index (χ3v) is 11.4. The average Bonchev–Trinajstić information content (AvgIpc) is 3.78. The predicted octanol–water partition coefficient (Wildman–Crippen LogP) is 4.48. The number of likely N-dealkylation sites (tertiary alicyclic amines) is 1. The summed E-state index contributed by atoms with van der Waals surface area (Å²) in [5, 5.41) is 6.88. The molecule has 1 saturated carbocycles. The Morgan fingerprint density at radius 1 is 1.06 bits per heavy atom. The number of aromatic nitrogens is 1. The SMILES string of the molecule is C=CCC(CC(=O)[C@@H]1CCCN1C(=O)[C@@H](NC(=O)NC(C)(C)CCCCc1ccc2cc[nH]c(=O)c2c1)C(C)(C)C)C(=O)NS(=O)(=O)C1CC1. The molecule has 2 aliphatic rings. The number of benzene rings is 1. The minimum atomic E-state index is -3.77. The first-order valence-electron chi connectivity index (χ1n) is 17.6. The number of amides is 4. The van der Waals surface area contributed by atoms with E-state index >= 15 is 0 Å². The molecule has 0 spiro atoms. The van der Waals surface area contributed by atoms with Crippen LogP contribution in [0.25, 0.3) is 10.8 Å². The normalized spacial score (nSPS) is 17.9. The average molecular weight is 712 g/mol. The van der Waals surface area contributed by atoms with E-state index in [0.717, 1.165) is 30.2 Å². The van der Waals surface area contributed by atoms with E-state index in [9.17, 15) is 32.4 Å². The zero-order valence-electron chi connectivity index (χ0n) is 30.0. The van der Waals surface area contributed by atoms with Crippen molar-refractivity contribution in [3.63, 3.8) is 0 Å². The Labute approximate surface area is 295 Å². The molecule has 4 rings (SSSR count). The maximum atomic E-state index is 14.0. The molecule has 1 aliphatic heterocycles. The summed E-state index contributed by atoms with van der Waals surface area (Å²) < 4.78 is 26.8. The van der Waals surface area contributed by atoms with Gasteiger partial charge in [0, 0.05) is 36.0 Å². The number of nitrogens with zero attached hydrogens (tertiary/aromatic N) is 1. The van der Waals surface area contributed by atoms with Gasteiger partial charge in [0.25, 0.3) is 5.56 Å². The number of aryl methyl sites for hydroxylation is 1. The van der Waals surface area contributed by atoms with Crippen LogP contribution in [-0.2, 0) is 30.8 Å². The fourth-order valence-corrected chi connectivity index (χ4v) is 7.92. The highest BCUT2D eigenvalue weighted by Gasteiger charge is 2.43. The zero-order chi connectivity index (χ0) is 36.9. The van der Waals surface area contributed by atoms with Crippen LogP contribution >= 0.6 is 0 Å². The Bertz CT molecular complexity index is 1760. The molecular formula is C37H53N5O7S. The van der Waals surface area contributed by atoms with Crippen molar-refractivity contribution in [3.05, 3.63) is 59.0 Å². The van der Waals surface area contributed by atoms with Crippen molar-refractivity contribution in [2.24, 2.45) is 11.3 Å². The van der Waals surface area contributed by atoms with Crippen LogP contribution in [0.3, 0.4) is 0 Å². The van der Waals surface area contributed by atoms with Crippen LogP contribution < -0.4 is 20.9 Å². The molecule has 1 aliphatic carbocycles. The Hall–Kier alpha value is -4.00. The molecule has 3 atom stereocenters. The second-order valence-corrected chi connectivity index (χ2v) is 17.5. The van der Waals surface area contributed by atoms with E-state index in [-0.39, 0.29) is 30.1 Å². The highest BCUT2D eigenvalue weighted by atomic mass is 32.2. The van der Waals surface area contributed by atoms with Crippen molar-refractivity contribution in [1.29, 1.82) is 0 Å². The van der Waals surface area contributed by atoms with Gasteiger partial charge in [-0.3, -0.25) is 23.9 Å². The number of H-pyrrole nitrogens is 1. The van der Waals surface area contributed by atoms with Gasteiger partial charge in [-0.15, -0.1) is 6.58 Å². The Morgan fingerprint density at radius 3 is 2.44 bits per heavy atom. The number of fused-ring (bicyclic) bond motifs is 1. The van der Waals surface area contributed by atoms with E-state index < -0.39 is 56.2 Å². The zero-order valence-corrected chi connectivity index (χ0v) is 30.8. The molecule has 1 aromatic carbocycles. The Balaban J connectivity index is 1.32. The number of hydrogen-bond acceptors (Lipinski definition) is 7. The van der Waals surface area contributed by atoms with E-state index in [1.165, 1.54) is 11.0 Å². The molecule has 4 N–H and O–H groups in total. The number of nitrogens with one attached hydrogen (secondary N) is 4. The molecule has 4 amide bonds. The standard InChI is InChI=1S/C37H53N5O7S/c1-7-11-26(32(44)41-50(48,49)27-16-17-27)23-30(43)29-13-10-21-42(29)34(46)31(36(2,3)4)39-35(47)40-37(5,6)19-9-8-12-24-14-15-25-18-20-38-33(45)28(25)22-24/h7,14-15,18,20,22,26-27,29,31H,1,8-13,16-17,19,21,23H2,2-6H3,(H,38,45)(H,41,44)(H2,39,40,47)/t26?,29-,31+/m0/s1. The number of unbranched alkanes of at least 4 members (excludes halogenated alkanes) is 1. The van der Waals surface area contributed by atoms with Crippen LogP contribution in [0.5, 0.6) is 0 Å². The molecule has 2 heterocycles. The van der Waals surface area contributed by atoms with Crippen LogP contribution in [0.4, 0.5) is 4.79 Å². The lowest BCUT2D eigenvalue weighted by molar-refractivity contribution is -0.141. The molecule has 1 aromatic heterocycles. The van der Waals surface area contributed by atoms with Gasteiger partial charge in [0.2, 0.25) is 21.8 Å². The Kier molecular flexibility index (Phi) is 12.3. The largest absolute Gasteiger partial charge is 0.333 e. The molecule has 2 aromatic rings. The maximum Gasteiger partial charge on any atom is 0.315 e. The molecule has 0 bridgehead atoms. The predicted molar refractivity (Wildman–Crippen MR) is 194 cm³/mol. The number of rotatable bonds is 16. The summed E-state index contributed by atoms with van der Waals surface area (Å²) in [7, 11) is -3.77. The van der Waals surface area contributed by atoms with Crippen molar-refractivity contribution in [1.82, 2.24) is 25.2 Å². The summed E-state index contributed by atoms with van der Waals surface area (Å²) in [6.07, 6.45) is 8.18. The monoisotopic (exact) mass is 711 g/mol. The van der Waals surface area contributed by atoms with Gasteiger partial charge in [0.15, 0.2) is 5.78 Å². The number of Topliss-reactive ketones (excluding diaryl/α,β-unsaturated/α-hetero) is 1. The molecule has 1 saturated heterocycles. The summed E-state index contributed by atoms with van der Waals surface area (Å²) in [5.41, 5.74) is -0.294. The van der Waals surface area contributed by atoms with Gasteiger partial charge in [0.1, 0.15) is 6.04 Å². The minimum Gasteiger partial charge on any atom is -0.333 e. The van der Waals surface area contributed by atoms with Crippen molar-refractivity contribution in [2.75, 3.05) is 6.54 Å². The van der Waals surface area contributed by atoms with Gasteiger partial charge in [-0.25, -0.2) is 13.2 Å². The lowest BCUT2D eigenvalue weighted by Gasteiger charge is -2.36.